The first-order chi connectivity index (χ1) is 9.78. The number of fused-ring (bicyclic) bond motifs is 1. The topological polar surface area (TPSA) is 69.8 Å². The molecule has 3 rings (SSSR count). The van der Waals surface area contributed by atoms with Gasteiger partial charge in [0.2, 0.25) is 0 Å². The van der Waals surface area contributed by atoms with Gasteiger partial charge in [0.25, 0.3) is 5.91 Å². The molecule has 0 aliphatic rings. The van der Waals surface area contributed by atoms with E-state index < -0.39 is 0 Å². The quantitative estimate of drug-likeness (QED) is 0.682. The Labute approximate surface area is 116 Å². The van der Waals surface area contributed by atoms with Gasteiger partial charge >= 0.3 is 0 Å². The minimum atomic E-state index is -0.151. The number of amides is 1. The molecule has 0 bridgehead atoms. The number of nitrogens with one attached hydrogen (secondary N) is 3. The second-order valence-corrected chi connectivity index (χ2v) is 4.38. The molecular weight excluding hydrogens is 252 g/mol. The van der Waals surface area contributed by atoms with Gasteiger partial charge in [0.05, 0.1) is 17.4 Å². The fourth-order valence-corrected chi connectivity index (χ4v) is 2.07. The number of nitrogens with zero attached hydrogens (tertiary/aromatic N) is 1. The van der Waals surface area contributed by atoms with Crippen molar-refractivity contribution in [2.75, 3.05) is 17.7 Å². The molecule has 5 heteroatoms. The average molecular weight is 266 g/mol. The summed E-state index contributed by atoms with van der Waals surface area (Å²) in [5, 5.41) is 6.68. The van der Waals surface area contributed by atoms with Crippen LogP contribution in [0, 0.1) is 0 Å². The van der Waals surface area contributed by atoms with Crippen molar-refractivity contribution in [3.8, 4) is 0 Å². The predicted molar refractivity (Wildman–Crippen MR) is 80.0 cm³/mol. The highest BCUT2D eigenvalue weighted by atomic mass is 16.1. The molecule has 0 radical (unpaired) electrons. The van der Waals surface area contributed by atoms with Gasteiger partial charge in [-0.1, -0.05) is 18.2 Å². The first kappa shape index (κ1) is 12.2. The van der Waals surface area contributed by atoms with E-state index in [2.05, 4.69) is 20.6 Å². The summed E-state index contributed by atoms with van der Waals surface area (Å²) in [4.78, 5) is 19.5. The maximum Gasteiger partial charge on any atom is 0.257 e. The van der Waals surface area contributed by atoms with Gasteiger partial charge in [0.15, 0.2) is 0 Å². The average Bonchev–Trinajstić information content (AvgIpc) is 2.92. The zero-order valence-corrected chi connectivity index (χ0v) is 11.0. The van der Waals surface area contributed by atoms with Crippen LogP contribution in [-0.2, 0) is 0 Å². The number of pyridine rings is 1. The van der Waals surface area contributed by atoms with Crippen molar-refractivity contribution < 1.29 is 4.79 Å². The molecule has 0 saturated heterocycles. The molecule has 3 aromatic rings. The van der Waals surface area contributed by atoms with E-state index in [0.717, 1.165) is 16.7 Å². The predicted octanol–water partition coefficient (Wildman–Crippen LogP) is 2.86. The van der Waals surface area contributed by atoms with Gasteiger partial charge in [-0.15, -0.1) is 0 Å². The molecule has 5 nitrogen and oxygen atoms in total. The van der Waals surface area contributed by atoms with Crippen molar-refractivity contribution in [3.63, 3.8) is 0 Å². The zero-order chi connectivity index (χ0) is 13.9. The summed E-state index contributed by atoms with van der Waals surface area (Å²) in [6.45, 7) is 0. The number of benzene rings is 1. The van der Waals surface area contributed by atoms with Crippen LogP contribution in [0.5, 0.6) is 0 Å². The summed E-state index contributed by atoms with van der Waals surface area (Å²) in [7, 11) is 1.80. The van der Waals surface area contributed by atoms with Crippen molar-refractivity contribution in [2.45, 2.75) is 0 Å². The fraction of sp³-hybridized carbons (Fsp3) is 0.0667. The molecule has 1 aromatic carbocycles. The van der Waals surface area contributed by atoms with Crippen LogP contribution in [-0.4, -0.2) is 22.9 Å². The number of anilines is 2. The van der Waals surface area contributed by atoms with Crippen molar-refractivity contribution in [3.05, 3.63) is 54.4 Å². The number of para-hydroxylation sites is 1. The van der Waals surface area contributed by atoms with Gasteiger partial charge in [-0.25, -0.2) is 4.98 Å². The third-order valence-electron chi connectivity index (χ3n) is 3.11. The monoisotopic (exact) mass is 266 g/mol. The second-order valence-electron chi connectivity index (χ2n) is 4.38. The Morgan fingerprint density at radius 2 is 2.05 bits per heavy atom. The van der Waals surface area contributed by atoms with Crippen LogP contribution in [0.1, 0.15) is 10.4 Å². The Hall–Kier alpha value is -2.82. The van der Waals surface area contributed by atoms with E-state index in [1.165, 1.54) is 0 Å². The van der Waals surface area contributed by atoms with Gasteiger partial charge in [-0.2, -0.15) is 0 Å². The zero-order valence-electron chi connectivity index (χ0n) is 11.0. The summed E-state index contributed by atoms with van der Waals surface area (Å²) in [6, 6.07) is 11.3. The van der Waals surface area contributed by atoms with Crippen LogP contribution in [0.2, 0.25) is 0 Å². The molecule has 20 heavy (non-hydrogen) atoms. The molecule has 0 aliphatic carbocycles. The van der Waals surface area contributed by atoms with E-state index in [1.807, 2.05) is 36.4 Å². The largest absolute Gasteiger partial charge is 0.373 e. The molecule has 3 N–H and O–H groups in total. The number of hydrogen-bond donors (Lipinski definition) is 3. The highest BCUT2D eigenvalue weighted by molar-refractivity contribution is 6.12. The molecule has 0 unspecified atom stereocenters. The van der Waals surface area contributed by atoms with Crippen LogP contribution in [0.3, 0.4) is 0 Å². The summed E-state index contributed by atoms with van der Waals surface area (Å²) in [5.74, 6) is 0.608. The Kier molecular flexibility index (Phi) is 3.09. The number of carbonyl (C=O) groups is 1. The van der Waals surface area contributed by atoms with E-state index in [9.17, 15) is 4.79 Å². The SMILES string of the molecule is CNc1ccc(NC(=O)c2c[nH]c3ccccc23)cn1. The van der Waals surface area contributed by atoms with E-state index in [-0.39, 0.29) is 5.91 Å². The lowest BCUT2D eigenvalue weighted by molar-refractivity contribution is 0.102. The molecule has 0 atom stereocenters. The number of aromatic amines is 1. The molecule has 1 amide bonds. The first-order valence-corrected chi connectivity index (χ1v) is 6.29. The first-order valence-electron chi connectivity index (χ1n) is 6.29. The number of hydrogen-bond acceptors (Lipinski definition) is 3. The molecule has 100 valence electrons. The lowest BCUT2D eigenvalue weighted by Crippen LogP contribution is -2.11. The molecular formula is C15H14N4O. The minimum Gasteiger partial charge on any atom is -0.373 e. The Morgan fingerprint density at radius 1 is 1.20 bits per heavy atom. The summed E-state index contributed by atoms with van der Waals surface area (Å²) < 4.78 is 0. The Morgan fingerprint density at radius 3 is 2.80 bits per heavy atom. The third kappa shape index (κ3) is 2.21. The van der Waals surface area contributed by atoms with Crippen LogP contribution in [0.15, 0.2) is 48.8 Å². The molecule has 2 heterocycles. The third-order valence-corrected chi connectivity index (χ3v) is 3.11. The highest BCUT2D eigenvalue weighted by Gasteiger charge is 2.11. The maximum atomic E-state index is 12.3. The standard InChI is InChI=1S/C15H14N4O/c1-16-14-7-6-10(8-18-14)19-15(20)12-9-17-13-5-3-2-4-11(12)13/h2-9,17H,1H3,(H,16,18)(H,19,20). The van der Waals surface area contributed by atoms with Gasteiger partial charge in [0, 0.05) is 24.1 Å². The fourth-order valence-electron chi connectivity index (χ4n) is 2.07. The smallest absolute Gasteiger partial charge is 0.257 e. The molecule has 0 saturated carbocycles. The summed E-state index contributed by atoms with van der Waals surface area (Å²) >= 11 is 0. The highest BCUT2D eigenvalue weighted by Crippen LogP contribution is 2.19. The Bertz CT molecular complexity index is 746. The van der Waals surface area contributed by atoms with Crippen molar-refractivity contribution in [1.82, 2.24) is 9.97 Å². The summed E-state index contributed by atoms with van der Waals surface area (Å²) in [5.41, 5.74) is 2.24. The van der Waals surface area contributed by atoms with Gasteiger partial charge in [-0.3, -0.25) is 4.79 Å². The van der Waals surface area contributed by atoms with E-state index in [4.69, 9.17) is 0 Å². The van der Waals surface area contributed by atoms with E-state index >= 15 is 0 Å². The van der Waals surface area contributed by atoms with Crippen molar-refractivity contribution in [1.29, 1.82) is 0 Å². The molecule has 0 spiro atoms. The number of rotatable bonds is 3. The molecule has 0 fully saturated rings. The lowest BCUT2D eigenvalue weighted by atomic mass is 10.1. The Balaban J connectivity index is 1.85. The van der Waals surface area contributed by atoms with Gasteiger partial charge in [0.1, 0.15) is 5.82 Å². The number of aromatic nitrogens is 2. The van der Waals surface area contributed by atoms with Gasteiger partial charge < -0.3 is 15.6 Å². The van der Waals surface area contributed by atoms with E-state index in [0.29, 0.717) is 11.3 Å². The van der Waals surface area contributed by atoms with Crippen LogP contribution < -0.4 is 10.6 Å². The number of H-pyrrole nitrogens is 1. The maximum absolute atomic E-state index is 12.3. The van der Waals surface area contributed by atoms with Crippen LogP contribution >= 0.6 is 0 Å². The molecule has 2 aromatic heterocycles. The molecule has 0 aliphatic heterocycles. The minimum absolute atomic E-state index is 0.151. The summed E-state index contributed by atoms with van der Waals surface area (Å²) in [6.07, 6.45) is 3.34. The van der Waals surface area contributed by atoms with E-state index in [1.54, 1.807) is 19.4 Å². The van der Waals surface area contributed by atoms with Crippen LogP contribution in [0.4, 0.5) is 11.5 Å². The lowest BCUT2D eigenvalue weighted by Gasteiger charge is -2.05. The normalized spacial score (nSPS) is 10.4. The number of carbonyl (C=O) groups excluding carboxylic acids is 1. The van der Waals surface area contributed by atoms with Crippen molar-refractivity contribution >= 4 is 28.3 Å². The van der Waals surface area contributed by atoms with Gasteiger partial charge in [-0.05, 0) is 18.2 Å². The van der Waals surface area contributed by atoms with Crippen molar-refractivity contribution in [2.24, 2.45) is 0 Å². The van der Waals surface area contributed by atoms with Crippen LogP contribution in [0.25, 0.3) is 10.9 Å². The second kappa shape index (κ2) is 5.05.